The molecule has 1 aliphatic rings. The molecule has 2 aromatic rings. The summed E-state index contributed by atoms with van der Waals surface area (Å²) < 4.78 is 39.2. The number of piperidine rings is 1. The Morgan fingerprint density at radius 3 is 2.81 bits per heavy atom. The van der Waals surface area contributed by atoms with Crippen molar-refractivity contribution >= 4 is 16.8 Å². The predicted molar refractivity (Wildman–Crippen MR) is 73.0 cm³/mol. The highest BCUT2D eigenvalue weighted by molar-refractivity contribution is 5.98. The van der Waals surface area contributed by atoms with Crippen molar-refractivity contribution in [3.05, 3.63) is 36.0 Å². The number of nitrogens with zero attached hydrogens (tertiary/aromatic N) is 1. The van der Waals surface area contributed by atoms with E-state index in [-0.39, 0.29) is 13.0 Å². The van der Waals surface area contributed by atoms with Gasteiger partial charge in [0.1, 0.15) is 6.04 Å². The van der Waals surface area contributed by atoms with Gasteiger partial charge in [-0.05, 0) is 42.8 Å². The number of H-pyrrole nitrogens is 1. The number of carbonyl (C=O) groups is 1. The minimum atomic E-state index is -4.37. The molecule has 3 rings (SSSR count). The number of carbonyl (C=O) groups excluding carboxylic acids is 1. The van der Waals surface area contributed by atoms with Gasteiger partial charge in [-0.1, -0.05) is 6.07 Å². The van der Waals surface area contributed by atoms with Crippen LogP contribution in [0, 0.1) is 0 Å². The van der Waals surface area contributed by atoms with Gasteiger partial charge in [0.25, 0.3) is 5.91 Å². The number of likely N-dealkylation sites (tertiary alicyclic amines) is 1. The minimum absolute atomic E-state index is 0.0139. The monoisotopic (exact) mass is 296 g/mol. The second-order valence-electron chi connectivity index (χ2n) is 5.33. The Kier molecular flexibility index (Phi) is 3.39. The van der Waals surface area contributed by atoms with Crippen LogP contribution in [-0.4, -0.2) is 34.6 Å². The lowest BCUT2D eigenvalue weighted by atomic mass is 10.00. The molecule has 21 heavy (non-hydrogen) atoms. The molecule has 6 heteroatoms. The maximum absolute atomic E-state index is 13.1. The normalized spacial score (nSPS) is 20.0. The predicted octanol–water partition coefficient (Wildman–Crippen LogP) is 3.72. The smallest absolute Gasteiger partial charge is 0.361 e. The first-order chi connectivity index (χ1) is 9.97. The van der Waals surface area contributed by atoms with Gasteiger partial charge in [-0.25, -0.2) is 0 Å². The van der Waals surface area contributed by atoms with Crippen molar-refractivity contribution in [1.29, 1.82) is 0 Å². The molecule has 1 atom stereocenters. The number of aromatic nitrogens is 1. The molecule has 1 fully saturated rings. The van der Waals surface area contributed by atoms with Gasteiger partial charge in [0.2, 0.25) is 0 Å². The number of nitrogens with one attached hydrogen (secondary N) is 1. The number of halogens is 3. The van der Waals surface area contributed by atoms with Gasteiger partial charge < -0.3 is 9.88 Å². The molecule has 1 saturated heterocycles. The van der Waals surface area contributed by atoms with Crippen LogP contribution in [0.3, 0.4) is 0 Å². The number of hydrogen-bond donors (Lipinski definition) is 1. The zero-order valence-corrected chi connectivity index (χ0v) is 11.3. The highest BCUT2D eigenvalue weighted by atomic mass is 19.4. The summed E-state index contributed by atoms with van der Waals surface area (Å²) in [5, 5.41) is 0.928. The summed E-state index contributed by atoms with van der Waals surface area (Å²) in [7, 11) is 0. The molecule has 1 N–H and O–H groups in total. The van der Waals surface area contributed by atoms with Gasteiger partial charge in [0.05, 0.1) is 0 Å². The molecule has 0 aliphatic carbocycles. The van der Waals surface area contributed by atoms with Crippen molar-refractivity contribution in [2.45, 2.75) is 31.5 Å². The molecule has 0 saturated carbocycles. The average Bonchev–Trinajstić information content (AvgIpc) is 2.93. The lowest BCUT2D eigenvalue weighted by molar-refractivity contribution is -0.183. The van der Waals surface area contributed by atoms with Crippen molar-refractivity contribution in [2.24, 2.45) is 0 Å². The zero-order chi connectivity index (χ0) is 15.0. The van der Waals surface area contributed by atoms with E-state index in [1.54, 1.807) is 24.4 Å². The van der Waals surface area contributed by atoms with E-state index < -0.39 is 18.1 Å². The fraction of sp³-hybridized carbons (Fsp3) is 0.400. The Morgan fingerprint density at radius 1 is 1.24 bits per heavy atom. The lowest BCUT2D eigenvalue weighted by Gasteiger charge is -2.36. The topological polar surface area (TPSA) is 36.1 Å². The number of rotatable bonds is 1. The zero-order valence-electron chi connectivity index (χ0n) is 11.3. The van der Waals surface area contributed by atoms with E-state index in [2.05, 4.69) is 4.98 Å². The van der Waals surface area contributed by atoms with Crippen molar-refractivity contribution in [3.8, 4) is 0 Å². The third-order valence-electron chi connectivity index (χ3n) is 3.94. The van der Waals surface area contributed by atoms with Crippen LogP contribution in [0.2, 0.25) is 0 Å². The van der Waals surface area contributed by atoms with Crippen molar-refractivity contribution in [3.63, 3.8) is 0 Å². The van der Waals surface area contributed by atoms with Gasteiger partial charge in [-0.3, -0.25) is 4.79 Å². The van der Waals surface area contributed by atoms with Gasteiger partial charge in [0, 0.05) is 23.8 Å². The number of hydrogen-bond acceptors (Lipinski definition) is 1. The van der Waals surface area contributed by atoms with Crippen molar-refractivity contribution in [1.82, 2.24) is 9.88 Å². The van der Waals surface area contributed by atoms with Crippen LogP contribution >= 0.6 is 0 Å². The first-order valence-corrected chi connectivity index (χ1v) is 6.91. The Labute approximate surface area is 119 Å². The summed E-state index contributed by atoms with van der Waals surface area (Å²) in [4.78, 5) is 16.4. The molecular formula is C15H15F3N2O. The lowest BCUT2D eigenvalue weighted by Crippen LogP contribution is -2.51. The Morgan fingerprint density at radius 2 is 2.05 bits per heavy atom. The third-order valence-corrected chi connectivity index (χ3v) is 3.94. The molecule has 1 aromatic heterocycles. The molecule has 112 valence electrons. The molecule has 1 unspecified atom stereocenters. The molecule has 0 radical (unpaired) electrons. The Hall–Kier alpha value is -1.98. The largest absolute Gasteiger partial charge is 0.408 e. The molecule has 2 heterocycles. The van der Waals surface area contributed by atoms with Crippen LogP contribution in [0.4, 0.5) is 13.2 Å². The number of alkyl halides is 3. The van der Waals surface area contributed by atoms with Crippen LogP contribution in [0.1, 0.15) is 29.6 Å². The highest BCUT2D eigenvalue weighted by Crippen LogP contribution is 2.33. The first-order valence-electron chi connectivity index (χ1n) is 6.91. The third kappa shape index (κ3) is 2.62. The molecule has 1 aliphatic heterocycles. The summed E-state index contributed by atoms with van der Waals surface area (Å²) in [6, 6.07) is 5.12. The Bertz CT molecular complexity index is 662. The van der Waals surface area contributed by atoms with E-state index in [0.717, 1.165) is 15.8 Å². The van der Waals surface area contributed by atoms with Crippen LogP contribution in [-0.2, 0) is 0 Å². The first kappa shape index (κ1) is 14.0. The molecule has 3 nitrogen and oxygen atoms in total. The SMILES string of the molecule is O=C(c1ccc2cc[nH]c2c1)N1CCCCC1C(F)(F)F. The summed E-state index contributed by atoms with van der Waals surface area (Å²) >= 11 is 0. The van der Waals surface area contributed by atoms with E-state index in [9.17, 15) is 18.0 Å². The average molecular weight is 296 g/mol. The Balaban J connectivity index is 1.91. The fourth-order valence-corrected chi connectivity index (χ4v) is 2.86. The number of fused-ring (bicyclic) bond motifs is 1. The molecule has 0 spiro atoms. The van der Waals surface area contributed by atoms with Gasteiger partial charge in [-0.2, -0.15) is 13.2 Å². The number of amides is 1. The maximum atomic E-state index is 13.1. The van der Waals surface area contributed by atoms with Crippen LogP contribution in [0.5, 0.6) is 0 Å². The molecule has 0 bridgehead atoms. The standard InChI is InChI=1S/C15H15F3N2O/c16-15(17,18)13-3-1-2-8-20(13)14(21)11-5-4-10-6-7-19-12(10)9-11/h4-7,9,13,19H,1-3,8H2. The van der Waals surface area contributed by atoms with Gasteiger partial charge >= 0.3 is 6.18 Å². The summed E-state index contributed by atoms with van der Waals surface area (Å²) in [5.41, 5.74) is 1.04. The van der Waals surface area contributed by atoms with Gasteiger partial charge in [-0.15, -0.1) is 0 Å². The fourth-order valence-electron chi connectivity index (χ4n) is 2.86. The second kappa shape index (κ2) is 5.09. The highest BCUT2D eigenvalue weighted by Gasteiger charge is 2.46. The van der Waals surface area contributed by atoms with E-state index in [1.807, 2.05) is 6.07 Å². The summed E-state index contributed by atoms with van der Waals surface area (Å²) in [6.45, 7) is 0.159. The van der Waals surface area contributed by atoms with E-state index >= 15 is 0 Å². The molecule has 1 aromatic carbocycles. The number of benzene rings is 1. The molecular weight excluding hydrogens is 281 g/mol. The van der Waals surface area contributed by atoms with Crippen molar-refractivity contribution in [2.75, 3.05) is 6.54 Å². The minimum Gasteiger partial charge on any atom is -0.361 e. The van der Waals surface area contributed by atoms with Crippen LogP contribution in [0.15, 0.2) is 30.5 Å². The van der Waals surface area contributed by atoms with Crippen molar-refractivity contribution < 1.29 is 18.0 Å². The van der Waals surface area contributed by atoms with E-state index in [1.165, 1.54) is 0 Å². The van der Waals surface area contributed by atoms with Gasteiger partial charge in [0.15, 0.2) is 0 Å². The number of aromatic amines is 1. The van der Waals surface area contributed by atoms with Crippen LogP contribution in [0.25, 0.3) is 10.9 Å². The van der Waals surface area contributed by atoms with E-state index in [0.29, 0.717) is 18.4 Å². The maximum Gasteiger partial charge on any atom is 0.408 e. The quantitative estimate of drug-likeness (QED) is 0.855. The summed E-state index contributed by atoms with van der Waals surface area (Å²) in [5.74, 6) is -0.548. The second-order valence-corrected chi connectivity index (χ2v) is 5.33. The van der Waals surface area contributed by atoms with E-state index in [4.69, 9.17) is 0 Å². The van der Waals surface area contributed by atoms with Crippen LogP contribution < -0.4 is 0 Å². The molecule has 1 amide bonds. The summed E-state index contributed by atoms with van der Waals surface area (Å²) in [6.07, 6.45) is -1.53.